The smallest absolute Gasteiger partial charge is 0.0840 e. The summed E-state index contributed by atoms with van der Waals surface area (Å²) in [5, 5.41) is 7.30. The van der Waals surface area contributed by atoms with Gasteiger partial charge in [0.25, 0.3) is 0 Å². The molecule has 8 aromatic rings. The van der Waals surface area contributed by atoms with E-state index >= 15 is 0 Å². The molecule has 1 heteroatoms. The molecule has 0 saturated heterocycles. The number of pyridine rings is 1. The van der Waals surface area contributed by atoms with Gasteiger partial charge < -0.3 is 0 Å². The highest BCUT2D eigenvalue weighted by atomic mass is 14.7. The summed E-state index contributed by atoms with van der Waals surface area (Å²) < 4.78 is 32.3. The second-order valence-corrected chi connectivity index (χ2v) is 10.1. The first-order chi connectivity index (χ1) is 21.5. The molecule has 8 rings (SSSR count). The van der Waals surface area contributed by atoms with Gasteiger partial charge in [0.1, 0.15) is 0 Å². The van der Waals surface area contributed by atoms with Crippen molar-refractivity contribution in [3.63, 3.8) is 0 Å². The first kappa shape index (κ1) is 18.9. The molecule has 0 radical (unpaired) electrons. The van der Waals surface area contributed by atoms with E-state index in [0.29, 0.717) is 5.56 Å². The third-order valence-corrected chi connectivity index (χ3v) is 7.89. The minimum absolute atomic E-state index is 0.136. The van der Waals surface area contributed by atoms with Crippen molar-refractivity contribution in [2.45, 2.75) is 0 Å². The maximum Gasteiger partial charge on any atom is 0.0840 e. The minimum Gasteiger partial charge on any atom is -0.256 e. The van der Waals surface area contributed by atoms with Gasteiger partial charge >= 0.3 is 0 Å². The number of hydrogen-bond donors (Lipinski definition) is 0. The van der Waals surface area contributed by atoms with E-state index in [4.69, 9.17) is 5.48 Å². The molecule has 1 nitrogen and oxygen atoms in total. The van der Waals surface area contributed by atoms with Crippen molar-refractivity contribution in [3.8, 4) is 44.6 Å². The Balaban J connectivity index is 1.34. The van der Waals surface area contributed by atoms with Gasteiger partial charge in [-0.25, -0.2) is 0 Å². The van der Waals surface area contributed by atoms with Gasteiger partial charge in [0.05, 0.1) is 11.2 Å². The zero-order chi connectivity index (χ0) is 29.9. The van der Waals surface area contributed by atoms with Crippen LogP contribution in [0.4, 0.5) is 0 Å². The van der Waals surface area contributed by atoms with Gasteiger partial charge in [-0.15, -0.1) is 0 Å². The highest BCUT2D eigenvalue weighted by molar-refractivity contribution is 6.28. The van der Waals surface area contributed by atoms with Crippen molar-refractivity contribution < 1.29 is 5.48 Å². The number of benzene rings is 7. The maximum absolute atomic E-state index is 8.36. The standard InChI is InChI=1S/C39H25N/c1-2-7-26(8-3-1)27-12-14-28(15-13-27)35-25-36(29-16-18-30(19-17-29)37-11-4-5-24-40-37)34-23-21-32-10-6-9-31-20-22-33(35)39(34)38(31)32/h1-25H/i4D,5D,11D,24D. The van der Waals surface area contributed by atoms with E-state index < -0.39 is 0 Å². The van der Waals surface area contributed by atoms with Gasteiger partial charge in [0.15, 0.2) is 0 Å². The molecule has 0 N–H and O–H groups in total. The monoisotopic (exact) mass is 511 g/mol. The molecule has 0 bridgehead atoms. The molecule has 0 aliphatic carbocycles. The second-order valence-electron chi connectivity index (χ2n) is 10.1. The van der Waals surface area contributed by atoms with Crippen molar-refractivity contribution in [2.75, 3.05) is 0 Å². The SMILES string of the molecule is [2H]c1nc(-c2ccc(-c3cc(-c4ccc(-c5ccccc5)cc4)c4ccc5cccc6ccc3c4c56)cc2)c([2H])c([2H])c1[2H]. The lowest BCUT2D eigenvalue weighted by Gasteiger charge is -2.18. The predicted octanol–water partition coefficient (Wildman–Crippen LogP) is 10.6. The van der Waals surface area contributed by atoms with Crippen molar-refractivity contribution >= 4 is 32.3 Å². The Kier molecular flexibility index (Phi) is 4.34. The molecule has 186 valence electrons. The van der Waals surface area contributed by atoms with E-state index in [1.807, 2.05) is 30.3 Å². The Bertz CT molecular complexity index is 2330. The quantitative estimate of drug-likeness (QED) is 0.214. The molecule has 40 heavy (non-hydrogen) atoms. The summed E-state index contributed by atoms with van der Waals surface area (Å²) in [7, 11) is 0. The van der Waals surface area contributed by atoms with Crippen molar-refractivity contribution in [2.24, 2.45) is 0 Å². The highest BCUT2D eigenvalue weighted by Crippen LogP contribution is 2.44. The minimum atomic E-state index is -0.326. The van der Waals surface area contributed by atoms with E-state index in [0.717, 1.165) is 22.3 Å². The van der Waals surface area contributed by atoms with Crippen LogP contribution in [0, 0.1) is 0 Å². The largest absolute Gasteiger partial charge is 0.256 e. The van der Waals surface area contributed by atoms with Gasteiger partial charge in [-0.1, -0.05) is 127 Å². The van der Waals surface area contributed by atoms with Crippen molar-refractivity contribution in [1.29, 1.82) is 0 Å². The normalized spacial score (nSPS) is 12.9. The summed E-state index contributed by atoms with van der Waals surface area (Å²) in [5.74, 6) is 0. The Morgan fingerprint density at radius 2 is 1.02 bits per heavy atom. The lowest BCUT2D eigenvalue weighted by molar-refractivity contribution is 1.33. The number of aromatic nitrogens is 1. The summed E-state index contributed by atoms with van der Waals surface area (Å²) in [6.07, 6.45) is -0.292. The first-order valence-electron chi connectivity index (χ1n) is 15.4. The number of nitrogens with zero attached hydrogens (tertiary/aromatic N) is 1. The summed E-state index contributed by atoms with van der Waals surface area (Å²) in [5.41, 5.74) is 7.69. The Morgan fingerprint density at radius 3 is 1.68 bits per heavy atom. The predicted molar refractivity (Wildman–Crippen MR) is 170 cm³/mol. The summed E-state index contributed by atoms with van der Waals surface area (Å²) in [6.45, 7) is 0. The molecule has 1 heterocycles. The van der Waals surface area contributed by atoms with Crippen LogP contribution in [0.2, 0.25) is 0 Å². The molecule has 0 atom stereocenters. The third-order valence-electron chi connectivity index (χ3n) is 7.89. The van der Waals surface area contributed by atoms with E-state index in [1.165, 1.54) is 43.4 Å². The van der Waals surface area contributed by atoms with Crippen LogP contribution >= 0.6 is 0 Å². The third kappa shape index (κ3) is 3.67. The van der Waals surface area contributed by atoms with E-state index in [1.54, 1.807) is 0 Å². The van der Waals surface area contributed by atoms with Crippen LogP contribution in [0.15, 0.2) is 152 Å². The van der Waals surface area contributed by atoms with Crippen LogP contribution in [0.25, 0.3) is 77.0 Å². The van der Waals surface area contributed by atoms with Crippen LogP contribution in [0.5, 0.6) is 0 Å². The fourth-order valence-corrected chi connectivity index (χ4v) is 5.96. The van der Waals surface area contributed by atoms with Crippen LogP contribution in [-0.2, 0) is 0 Å². The van der Waals surface area contributed by atoms with E-state index in [-0.39, 0.29) is 30.0 Å². The molecule has 0 amide bonds. The number of rotatable bonds is 4. The van der Waals surface area contributed by atoms with Crippen LogP contribution in [0.1, 0.15) is 5.48 Å². The molecule has 0 unspecified atom stereocenters. The van der Waals surface area contributed by atoms with Crippen LogP contribution in [-0.4, -0.2) is 4.98 Å². The fraction of sp³-hybridized carbons (Fsp3) is 0. The fourth-order valence-electron chi connectivity index (χ4n) is 5.96. The topological polar surface area (TPSA) is 12.9 Å². The van der Waals surface area contributed by atoms with Gasteiger partial charge in [-0.05, 0) is 83.8 Å². The summed E-state index contributed by atoms with van der Waals surface area (Å²) in [4.78, 5) is 4.17. The zero-order valence-electron chi connectivity index (χ0n) is 25.6. The van der Waals surface area contributed by atoms with E-state index in [2.05, 4.69) is 102 Å². The van der Waals surface area contributed by atoms with Gasteiger partial charge in [-0.2, -0.15) is 0 Å². The van der Waals surface area contributed by atoms with Crippen LogP contribution in [0.3, 0.4) is 0 Å². The average Bonchev–Trinajstić information content (AvgIpc) is 3.08. The van der Waals surface area contributed by atoms with Gasteiger partial charge in [0, 0.05) is 11.7 Å². The Labute approximate surface area is 239 Å². The lowest BCUT2D eigenvalue weighted by atomic mass is 9.85. The molecular formula is C39H25N. The molecular weight excluding hydrogens is 482 g/mol. The van der Waals surface area contributed by atoms with E-state index in [9.17, 15) is 0 Å². The van der Waals surface area contributed by atoms with Crippen molar-refractivity contribution in [1.82, 2.24) is 4.98 Å². The van der Waals surface area contributed by atoms with Crippen LogP contribution < -0.4 is 0 Å². The second kappa shape index (κ2) is 9.18. The molecule has 0 aliphatic rings. The van der Waals surface area contributed by atoms with Gasteiger partial charge in [0.2, 0.25) is 0 Å². The zero-order valence-corrected chi connectivity index (χ0v) is 21.6. The Hall–Kier alpha value is -5.27. The molecule has 1 aromatic heterocycles. The molecule has 0 saturated carbocycles. The molecule has 0 aliphatic heterocycles. The number of hydrogen-bond acceptors (Lipinski definition) is 1. The lowest BCUT2D eigenvalue weighted by Crippen LogP contribution is -1.91. The first-order valence-corrected chi connectivity index (χ1v) is 13.4. The molecule has 7 aromatic carbocycles. The highest BCUT2D eigenvalue weighted by Gasteiger charge is 2.17. The van der Waals surface area contributed by atoms with Crippen molar-refractivity contribution in [3.05, 3.63) is 152 Å². The Morgan fingerprint density at radius 1 is 0.450 bits per heavy atom. The average molecular weight is 512 g/mol. The maximum atomic E-state index is 8.36. The molecule has 0 fully saturated rings. The summed E-state index contributed by atoms with van der Waals surface area (Å²) in [6, 6.07) is 43.9. The summed E-state index contributed by atoms with van der Waals surface area (Å²) >= 11 is 0. The molecule has 0 spiro atoms. The van der Waals surface area contributed by atoms with Gasteiger partial charge in [-0.3, -0.25) is 4.98 Å².